The van der Waals surface area contributed by atoms with Gasteiger partial charge in [0.1, 0.15) is 0 Å². The van der Waals surface area contributed by atoms with Crippen LogP contribution in [0.15, 0.2) is 52.2 Å². The molecular weight excluding hydrogens is 284 g/mol. The maximum atomic E-state index is 12.1. The lowest BCUT2D eigenvalue weighted by atomic mass is 10.2. The summed E-state index contributed by atoms with van der Waals surface area (Å²) in [4.78, 5) is 43.6. The van der Waals surface area contributed by atoms with Crippen LogP contribution >= 0.6 is 0 Å². The Morgan fingerprint density at radius 1 is 1.05 bits per heavy atom. The monoisotopic (exact) mass is 296 g/mol. The van der Waals surface area contributed by atoms with Gasteiger partial charge in [0.2, 0.25) is 0 Å². The summed E-state index contributed by atoms with van der Waals surface area (Å²) in [6, 6.07) is 10.1. The van der Waals surface area contributed by atoms with Crippen molar-refractivity contribution in [2.24, 2.45) is 0 Å². The van der Waals surface area contributed by atoms with E-state index in [1.165, 1.54) is 6.07 Å². The van der Waals surface area contributed by atoms with Gasteiger partial charge >= 0.3 is 11.1 Å². The normalized spacial score (nSPS) is 10.5. The number of pyridine rings is 1. The van der Waals surface area contributed by atoms with E-state index in [0.29, 0.717) is 23.1 Å². The first-order chi connectivity index (χ1) is 10.6. The minimum absolute atomic E-state index is 0.292. The van der Waals surface area contributed by atoms with E-state index >= 15 is 0 Å². The summed E-state index contributed by atoms with van der Waals surface area (Å²) in [6.07, 6.45) is 1.65. The van der Waals surface area contributed by atoms with Crippen LogP contribution in [0.4, 0.5) is 0 Å². The quantitative estimate of drug-likeness (QED) is 0.613. The Bertz CT molecular complexity index is 944. The van der Waals surface area contributed by atoms with Crippen molar-refractivity contribution in [3.05, 3.63) is 74.6 Å². The first-order valence-corrected chi connectivity index (χ1v) is 6.58. The zero-order valence-electron chi connectivity index (χ0n) is 11.4. The highest BCUT2D eigenvalue weighted by Gasteiger charge is 2.08. The number of hydrogen-bond acceptors (Lipinski definition) is 4. The zero-order valence-corrected chi connectivity index (χ0v) is 11.4. The molecule has 110 valence electrons. The molecule has 0 aliphatic carbocycles. The molecule has 1 amide bonds. The number of nitrogens with one attached hydrogen (secondary N) is 3. The van der Waals surface area contributed by atoms with Gasteiger partial charge in [-0.05, 0) is 30.3 Å². The summed E-state index contributed by atoms with van der Waals surface area (Å²) < 4.78 is 0. The van der Waals surface area contributed by atoms with Gasteiger partial charge in [-0.15, -0.1) is 0 Å². The standard InChI is InChI=1S/C15H12N4O3/c20-13(17-8-10-3-1-2-6-16-10)9-4-5-11-12(7-9)19-15(22)14(21)18-11/h1-7H,8H2,(H,17,20)(H,18,21)(H,19,22). The van der Waals surface area contributed by atoms with Crippen molar-refractivity contribution in [2.75, 3.05) is 0 Å². The summed E-state index contributed by atoms with van der Waals surface area (Å²) >= 11 is 0. The number of fused-ring (bicyclic) bond motifs is 1. The van der Waals surface area contributed by atoms with Gasteiger partial charge in [-0.3, -0.25) is 19.4 Å². The van der Waals surface area contributed by atoms with Gasteiger partial charge in [0.25, 0.3) is 5.91 Å². The molecule has 0 bridgehead atoms. The SMILES string of the molecule is O=C(NCc1ccccn1)c1ccc2[nH]c(=O)c(=O)[nH]c2c1. The van der Waals surface area contributed by atoms with Crippen LogP contribution in [0.3, 0.4) is 0 Å². The number of H-pyrrole nitrogens is 2. The van der Waals surface area contributed by atoms with E-state index in [1.54, 1.807) is 24.4 Å². The molecule has 0 unspecified atom stereocenters. The lowest BCUT2D eigenvalue weighted by Crippen LogP contribution is -2.29. The predicted molar refractivity (Wildman–Crippen MR) is 80.6 cm³/mol. The third-order valence-corrected chi connectivity index (χ3v) is 3.14. The van der Waals surface area contributed by atoms with Gasteiger partial charge in [-0.1, -0.05) is 6.07 Å². The molecular formula is C15H12N4O3. The average molecular weight is 296 g/mol. The highest BCUT2D eigenvalue weighted by atomic mass is 16.2. The molecule has 0 fully saturated rings. The fourth-order valence-electron chi connectivity index (χ4n) is 2.03. The summed E-state index contributed by atoms with van der Waals surface area (Å²) in [5, 5.41) is 2.74. The van der Waals surface area contributed by atoms with Crippen LogP contribution in [0.2, 0.25) is 0 Å². The minimum atomic E-state index is -0.751. The maximum absolute atomic E-state index is 12.1. The first-order valence-electron chi connectivity index (χ1n) is 6.58. The topological polar surface area (TPSA) is 108 Å². The van der Waals surface area contributed by atoms with E-state index in [-0.39, 0.29) is 5.91 Å². The Kier molecular flexibility index (Phi) is 3.53. The Labute approximate surface area is 124 Å². The van der Waals surface area contributed by atoms with Crippen molar-refractivity contribution in [3.8, 4) is 0 Å². The van der Waals surface area contributed by atoms with Crippen LogP contribution in [0.5, 0.6) is 0 Å². The van der Waals surface area contributed by atoms with E-state index in [2.05, 4.69) is 20.3 Å². The average Bonchev–Trinajstić information content (AvgIpc) is 2.54. The summed E-state index contributed by atoms with van der Waals surface area (Å²) in [5.41, 5.74) is 0.514. The van der Waals surface area contributed by atoms with Crippen LogP contribution in [0, 0.1) is 0 Å². The fraction of sp³-hybridized carbons (Fsp3) is 0.0667. The summed E-state index contributed by atoms with van der Waals surface area (Å²) in [5.74, 6) is -0.292. The second kappa shape index (κ2) is 5.65. The van der Waals surface area contributed by atoms with Crippen molar-refractivity contribution in [1.82, 2.24) is 20.3 Å². The number of aromatic amines is 2. The molecule has 3 aromatic rings. The Morgan fingerprint density at radius 2 is 1.82 bits per heavy atom. The fourth-order valence-corrected chi connectivity index (χ4v) is 2.03. The number of nitrogens with zero attached hydrogens (tertiary/aromatic N) is 1. The van der Waals surface area contributed by atoms with E-state index in [1.807, 2.05) is 12.1 Å². The van der Waals surface area contributed by atoms with E-state index in [0.717, 1.165) is 5.69 Å². The lowest BCUT2D eigenvalue weighted by Gasteiger charge is -2.05. The van der Waals surface area contributed by atoms with Crippen molar-refractivity contribution in [3.63, 3.8) is 0 Å². The Hall–Kier alpha value is -3.22. The smallest absolute Gasteiger partial charge is 0.314 e. The molecule has 0 radical (unpaired) electrons. The van der Waals surface area contributed by atoms with Gasteiger partial charge in [-0.2, -0.15) is 0 Å². The third kappa shape index (κ3) is 2.78. The number of hydrogen-bond donors (Lipinski definition) is 3. The number of aromatic nitrogens is 3. The molecule has 7 heteroatoms. The second-order valence-electron chi connectivity index (χ2n) is 4.67. The van der Waals surface area contributed by atoms with E-state index < -0.39 is 11.1 Å². The maximum Gasteiger partial charge on any atom is 0.314 e. The van der Waals surface area contributed by atoms with Crippen LogP contribution < -0.4 is 16.4 Å². The molecule has 0 aliphatic rings. The minimum Gasteiger partial charge on any atom is -0.346 e. The number of rotatable bonds is 3. The Morgan fingerprint density at radius 3 is 2.55 bits per heavy atom. The van der Waals surface area contributed by atoms with Crippen LogP contribution in [0.25, 0.3) is 11.0 Å². The summed E-state index contributed by atoms with van der Waals surface area (Å²) in [6.45, 7) is 0.305. The molecule has 2 heterocycles. The highest BCUT2D eigenvalue weighted by Crippen LogP contribution is 2.09. The third-order valence-electron chi connectivity index (χ3n) is 3.14. The molecule has 0 saturated heterocycles. The largest absolute Gasteiger partial charge is 0.346 e. The number of benzene rings is 1. The molecule has 22 heavy (non-hydrogen) atoms. The first kappa shape index (κ1) is 13.7. The molecule has 2 aromatic heterocycles. The zero-order chi connectivity index (χ0) is 15.5. The van der Waals surface area contributed by atoms with Gasteiger partial charge in [0.15, 0.2) is 0 Å². The number of amides is 1. The summed E-state index contributed by atoms with van der Waals surface area (Å²) in [7, 11) is 0. The van der Waals surface area contributed by atoms with Crippen molar-refractivity contribution in [2.45, 2.75) is 6.54 Å². The Balaban J connectivity index is 1.83. The number of carbonyl (C=O) groups is 1. The van der Waals surface area contributed by atoms with E-state index in [4.69, 9.17) is 0 Å². The van der Waals surface area contributed by atoms with Crippen LogP contribution in [-0.4, -0.2) is 20.9 Å². The lowest BCUT2D eigenvalue weighted by molar-refractivity contribution is 0.0950. The van der Waals surface area contributed by atoms with Crippen LogP contribution in [0.1, 0.15) is 16.1 Å². The van der Waals surface area contributed by atoms with Gasteiger partial charge in [-0.25, -0.2) is 0 Å². The number of carbonyl (C=O) groups excluding carboxylic acids is 1. The van der Waals surface area contributed by atoms with Gasteiger partial charge in [0.05, 0.1) is 23.3 Å². The van der Waals surface area contributed by atoms with Crippen molar-refractivity contribution < 1.29 is 4.79 Å². The second-order valence-corrected chi connectivity index (χ2v) is 4.67. The molecule has 3 N–H and O–H groups in total. The van der Waals surface area contributed by atoms with Gasteiger partial charge in [0, 0.05) is 11.8 Å². The highest BCUT2D eigenvalue weighted by molar-refractivity contribution is 5.97. The van der Waals surface area contributed by atoms with Gasteiger partial charge < -0.3 is 15.3 Å². The molecule has 0 atom stereocenters. The predicted octanol–water partition coefficient (Wildman–Crippen LogP) is 0.541. The van der Waals surface area contributed by atoms with Crippen molar-refractivity contribution >= 4 is 16.9 Å². The van der Waals surface area contributed by atoms with Crippen LogP contribution in [-0.2, 0) is 6.54 Å². The molecule has 7 nitrogen and oxygen atoms in total. The molecule has 3 rings (SSSR count). The molecule has 0 aliphatic heterocycles. The van der Waals surface area contributed by atoms with Crippen molar-refractivity contribution in [1.29, 1.82) is 0 Å². The van der Waals surface area contributed by atoms with E-state index in [9.17, 15) is 14.4 Å². The molecule has 0 saturated carbocycles. The molecule has 0 spiro atoms. The molecule has 1 aromatic carbocycles.